The van der Waals surface area contributed by atoms with E-state index in [2.05, 4.69) is 5.32 Å². The third-order valence-corrected chi connectivity index (χ3v) is 9.46. The average Bonchev–Trinajstić information content (AvgIpc) is 3.65. The van der Waals surface area contributed by atoms with Gasteiger partial charge in [-0.25, -0.2) is 9.59 Å². The summed E-state index contributed by atoms with van der Waals surface area (Å²) >= 11 is 7.09. The lowest BCUT2D eigenvalue weighted by Gasteiger charge is -2.50. The molecule has 1 aromatic rings. The van der Waals surface area contributed by atoms with Gasteiger partial charge in [-0.15, -0.1) is 11.6 Å². The maximum Gasteiger partial charge on any atom is 0.414 e. The summed E-state index contributed by atoms with van der Waals surface area (Å²) in [5.41, 5.74) is 0.154. The summed E-state index contributed by atoms with van der Waals surface area (Å²) in [6, 6.07) is 9.94. The second-order valence-electron chi connectivity index (χ2n) is 11.5. The van der Waals surface area contributed by atoms with Crippen LogP contribution in [0.5, 0.6) is 0 Å². The molecule has 2 fully saturated rings. The molecule has 44 heavy (non-hydrogen) atoms. The molecule has 1 heterocycles. The van der Waals surface area contributed by atoms with Gasteiger partial charge in [0, 0.05) is 12.9 Å². The Balaban J connectivity index is 1.96. The first-order valence-electron chi connectivity index (χ1n) is 14.5. The molecular weight excluding hydrogens is 614 g/mol. The molecule has 2 amide bonds. The fourth-order valence-electron chi connectivity index (χ4n) is 5.87. The molecule has 1 saturated heterocycles. The Morgan fingerprint density at radius 1 is 1.23 bits per heavy atom. The molecule has 7 atom stereocenters. The van der Waals surface area contributed by atoms with Crippen LogP contribution >= 0.6 is 23.4 Å². The predicted molar refractivity (Wildman–Crippen MR) is 165 cm³/mol. The van der Waals surface area contributed by atoms with Crippen molar-refractivity contribution in [2.45, 2.75) is 88.5 Å². The molecule has 1 aromatic carbocycles. The fourth-order valence-corrected chi connectivity index (χ4v) is 7.19. The van der Waals surface area contributed by atoms with Crippen LogP contribution in [0.3, 0.4) is 0 Å². The molecule has 0 bridgehead atoms. The largest absolute Gasteiger partial charge is 0.479 e. The quantitative estimate of drug-likeness (QED) is 0.0827. The molecule has 1 aliphatic carbocycles. The van der Waals surface area contributed by atoms with Crippen LogP contribution in [0.4, 0.5) is 4.79 Å². The number of imide groups is 1. The van der Waals surface area contributed by atoms with Crippen molar-refractivity contribution in [2.24, 2.45) is 5.92 Å². The number of allylic oxidation sites excluding steroid dienone is 1. The third kappa shape index (κ3) is 9.43. The summed E-state index contributed by atoms with van der Waals surface area (Å²) < 4.78 is 24.1. The molecule has 0 radical (unpaired) electrons. The van der Waals surface area contributed by atoms with Gasteiger partial charge in [0.25, 0.3) is 0 Å². The van der Waals surface area contributed by atoms with E-state index in [1.807, 2.05) is 57.2 Å². The molecule has 3 rings (SSSR count). The Morgan fingerprint density at radius 2 is 1.93 bits per heavy atom. The summed E-state index contributed by atoms with van der Waals surface area (Å²) in [6.45, 7) is 5.86. The summed E-state index contributed by atoms with van der Waals surface area (Å²) in [4.78, 5) is 48.7. The van der Waals surface area contributed by atoms with E-state index in [1.54, 1.807) is 11.8 Å². The number of rotatable bonds is 15. The van der Waals surface area contributed by atoms with Crippen LogP contribution in [0.15, 0.2) is 42.0 Å². The van der Waals surface area contributed by atoms with Crippen molar-refractivity contribution in [3.63, 3.8) is 0 Å². The van der Waals surface area contributed by atoms with Crippen LogP contribution in [0, 0.1) is 5.92 Å². The maximum atomic E-state index is 13.2. The van der Waals surface area contributed by atoms with E-state index in [1.165, 1.54) is 7.11 Å². The van der Waals surface area contributed by atoms with E-state index in [0.29, 0.717) is 17.9 Å². The number of aliphatic hydroxyl groups is 1. The highest BCUT2D eigenvalue weighted by atomic mass is 35.5. The van der Waals surface area contributed by atoms with Crippen molar-refractivity contribution in [1.82, 2.24) is 5.32 Å². The number of carboxylic acids is 1. The molecular formula is C31H42ClNO10S. The molecule has 3 N–H and O–H groups in total. The first kappa shape index (κ1) is 35.8. The molecule has 1 saturated carbocycles. The van der Waals surface area contributed by atoms with Crippen LogP contribution in [0.1, 0.15) is 52.0 Å². The van der Waals surface area contributed by atoms with E-state index in [-0.39, 0.29) is 18.9 Å². The zero-order valence-corrected chi connectivity index (χ0v) is 27.0. The summed E-state index contributed by atoms with van der Waals surface area (Å²) in [5, 5.41) is 21.2. The number of hydrogen-bond donors (Lipinski definition) is 3. The number of amides is 2. The van der Waals surface area contributed by atoms with Crippen LogP contribution in [0.2, 0.25) is 0 Å². The van der Waals surface area contributed by atoms with Gasteiger partial charge in [0.1, 0.15) is 29.3 Å². The number of carbonyl (C=O) groups excluding carboxylic acids is 3. The highest BCUT2D eigenvalue weighted by molar-refractivity contribution is 7.99. The molecule has 0 aromatic heterocycles. The summed E-state index contributed by atoms with van der Waals surface area (Å²) in [7, 11) is 1.46. The second-order valence-corrected chi connectivity index (χ2v) is 12.9. The number of alkyl halides is 1. The zero-order chi connectivity index (χ0) is 32.5. The first-order valence-corrected chi connectivity index (χ1v) is 16.2. The van der Waals surface area contributed by atoms with Crippen molar-refractivity contribution in [3.8, 4) is 0 Å². The van der Waals surface area contributed by atoms with Gasteiger partial charge in [0.05, 0.1) is 18.4 Å². The lowest BCUT2D eigenvalue weighted by atomic mass is 9.66. The number of epoxide rings is 1. The van der Waals surface area contributed by atoms with Gasteiger partial charge < -0.3 is 29.2 Å². The number of carbonyl (C=O) groups is 4. The summed E-state index contributed by atoms with van der Waals surface area (Å²) in [6.07, 6.45) is -1.73. The Kier molecular flexibility index (Phi) is 13.1. The number of aryl methyl sites for hydroxylation is 1. The Labute approximate surface area is 267 Å². The Morgan fingerprint density at radius 3 is 2.55 bits per heavy atom. The van der Waals surface area contributed by atoms with Crippen LogP contribution in [0.25, 0.3) is 0 Å². The minimum absolute atomic E-state index is 0.209. The Bertz CT molecular complexity index is 1200. The van der Waals surface area contributed by atoms with Gasteiger partial charge in [-0.05, 0) is 57.8 Å². The van der Waals surface area contributed by atoms with Crippen molar-refractivity contribution in [3.05, 3.63) is 47.5 Å². The number of thioether (sulfide) groups is 1. The standard InChI is InChI=1S/C31H42ClNO10S/c1-19(2)10-11-23-30(3,42-23)27-26(40-4)22(41-29(39)33-24(35)17-32)12-14-31(27,43-25(36)16-21(34)28(37)38)18-44-15-13-20-8-6-5-7-9-20/h5-10,21-23,26-27,34H,11-18H2,1-4H3,(H,37,38)(H,33,35,39)/t21-,22?,23?,26?,27?,30?,31?/m0/s1. The van der Waals surface area contributed by atoms with Gasteiger partial charge >= 0.3 is 18.0 Å². The number of aliphatic hydroxyl groups excluding tert-OH is 1. The third-order valence-electron chi connectivity index (χ3n) is 8.03. The number of nitrogens with one attached hydrogen (secondary N) is 1. The average molecular weight is 656 g/mol. The monoisotopic (exact) mass is 655 g/mol. The number of carboxylic acid groups (broad SMARTS) is 1. The molecule has 13 heteroatoms. The molecule has 1 aliphatic heterocycles. The Hall–Kier alpha value is -2.64. The molecule has 244 valence electrons. The van der Waals surface area contributed by atoms with Gasteiger partial charge in [0.2, 0.25) is 5.91 Å². The number of methoxy groups -OCH3 is 1. The number of esters is 1. The van der Waals surface area contributed by atoms with E-state index in [9.17, 15) is 29.4 Å². The van der Waals surface area contributed by atoms with Crippen molar-refractivity contribution >= 4 is 47.3 Å². The van der Waals surface area contributed by atoms with Gasteiger partial charge in [-0.1, -0.05) is 42.0 Å². The number of halogens is 1. The fraction of sp³-hybridized carbons (Fsp3) is 0.613. The smallest absolute Gasteiger partial charge is 0.414 e. The van der Waals surface area contributed by atoms with Crippen LogP contribution < -0.4 is 5.32 Å². The molecule has 6 unspecified atom stereocenters. The van der Waals surface area contributed by atoms with Gasteiger partial charge in [-0.2, -0.15) is 11.8 Å². The van der Waals surface area contributed by atoms with Crippen LogP contribution in [-0.2, 0) is 39.8 Å². The van der Waals surface area contributed by atoms with Gasteiger partial charge in [0.15, 0.2) is 6.10 Å². The number of benzene rings is 1. The molecule has 0 spiro atoms. The normalized spacial score (nSPS) is 28.3. The van der Waals surface area contributed by atoms with Crippen LogP contribution in [-0.4, -0.2) is 94.3 Å². The van der Waals surface area contributed by atoms with E-state index in [0.717, 1.165) is 17.6 Å². The highest BCUT2D eigenvalue weighted by Crippen LogP contribution is 2.56. The number of alkyl carbamates (subject to hydrolysis) is 1. The topological polar surface area (TPSA) is 161 Å². The first-order chi connectivity index (χ1) is 20.8. The van der Waals surface area contributed by atoms with E-state index in [4.69, 9.17) is 30.5 Å². The van der Waals surface area contributed by atoms with E-state index < -0.39 is 71.7 Å². The predicted octanol–water partition coefficient (Wildman–Crippen LogP) is 3.88. The van der Waals surface area contributed by atoms with E-state index >= 15 is 0 Å². The lowest BCUT2D eigenvalue weighted by Crippen LogP contribution is -2.63. The minimum atomic E-state index is -1.93. The molecule has 2 aliphatic rings. The zero-order valence-electron chi connectivity index (χ0n) is 25.5. The molecule has 11 nitrogen and oxygen atoms in total. The highest BCUT2D eigenvalue weighted by Gasteiger charge is 2.69. The maximum absolute atomic E-state index is 13.2. The number of hydrogen-bond acceptors (Lipinski definition) is 10. The minimum Gasteiger partial charge on any atom is -0.479 e. The van der Waals surface area contributed by atoms with Crippen molar-refractivity contribution < 1.29 is 48.3 Å². The van der Waals surface area contributed by atoms with Gasteiger partial charge in [-0.3, -0.25) is 14.9 Å². The van der Waals surface area contributed by atoms with Crippen molar-refractivity contribution in [2.75, 3.05) is 24.5 Å². The number of aliphatic carboxylic acids is 1. The summed E-state index contributed by atoms with van der Waals surface area (Å²) in [5.74, 6) is -3.19. The van der Waals surface area contributed by atoms with Crippen molar-refractivity contribution in [1.29, 1.82) is 0 Å². The second kappa shape index (κ2) is 16.1. The number of ether oxygens (including phenoxy) is 4. The lowest BCUT2D eigenvalue weighted by molar-refractivity contribution is -0.202. The SMILES string of the molecule is COC1C(OC(=O)NC(=O)CCl)CCC(CSCCc2ccccc2)(OC(=O)C[C@H](O)C(=O)O)C1C1(C)OC1CC=C(C)C.